The van der Waals surface area contributed by atoms with Crippen LogP contribution in [-0.2, 0) is 6.54 Å². The number of nitrogen functional groups attached to an aromatic ring is 1. The molecule has 0 bridgehead atoms. The molecule has 0 fully saturated rings. The van der Waals surface area contributed by atoms with Crippen molar-refractivity contribution in [2.75, 3.05) is 12.8 Å². The molecule has 2 N–H and O–H groups in total. The van der Waals surface area contributed by atoms with Gasteiger partial charge in [-0.05, 0) is 6.42 Å². The summed E-state index contributed by atoms with van der Waals surface area (Å²) in [6.45, 7) is 3.00. The van der Waals surface area contributed by atoms with Gasteiger partial charge in [-0.15, -0.1) is 0 Å². The summed E-state index contributed by atoms with van der Waals surface area (Å²) in [7, 11) is 1.55. The zero-order valence-electron chi connectivity index (χ0n) is 9.92. The third-order valence-corrected chi connectivity index (χ3v) is 2.34. The highest BCUT2D eigenvalue weighted by atomic mass is 16.5. The second kappa shape index (κ2) is 4.82. The Morgan fingerprint density at radius 1 is 1.41 bits per heavy atom. The van der Waals surface area contributed by atoms with E-state index >= 15 is 0 Å². The molecule has 0 aliphatic carbocycles. The lowest BCUT2D eigenvalue weighted by Crippen LogP contribution is -2.03. The molecule has 0 aromatic carbocycles. The molecule has 0 spiro atoms. The fraction of sp³-hybridized carbons (Fsp3) is 0.364. The average Bonchev–Trinajstić information content (AvgIpc) is 2.77. The third kappa shape index (κ3) is 2.35. The van der Waals surface area contributed by atoms with E-state index < -0.39 is 0 Å². The molecule has 6 heteroatoms. The van der Waals surface area contributed by atoms with Crippen molar-refractivity contribution in [2.24, 2.45) is 0 Å². The standard InChI is InChI=1S/C11H15N5O/c1-3-5-16-6-4-13-10(16)8-7-9(17-2)15-11(12)14-8/h4,6-7H,3,5H2,1-2H3,(H2,12,14,15). The van der Waals surface area contributed by atoms with Crippen molar-refractivity contribution < 1.29 is 4.74 Å². The summed E-state index contributed by atoms with van der Waals surface area (Å²) < 4.78 is 7.09. The van der Waals surface area contributed by atoms with Gasteiger partial charge in [0.25, 0.3) is 0 Å². The smallest absolute Gasteiger partial charge is 0.223 e. The van der Waals surface area contributed by atoms with Gasteiger partial charge < -0.3 is 15.0 Å². The van der Waals surface area contributed by atoms with Gasteiger partial charge in [0.05, 0.1) is 7.11 Å². The molecule has 2 aromatic rings. The molecule has 2 aromatic heterocycles. The van der Waals surface area contributed by atoms with E-state index in [1.165, 1.54) is 0 Å². The van der Waals surface area contributed by atoms with Crippen LogP contribution in [-0.4, -0.2) is 26.6 Å². The summed E-state index contributed by atoms with van der Waals surface area (Å²) in [5.41, 5.74) is 6.30. The number of hydrogen-bond acceptors (Lipinski definition) is 5. The van der Waals surface area contributed by atoms with Crippen molar-refractivity contribution in [3.05, 3.63) is 18.5 Å². The number of aromatic nitrogens is 4. The molecule has 0 aliphatic rings. The molecular formula is C11H15N5O. The van der Waals surface area contributed by atoms with E-state index in [0.29, 0.717) is 11.6 Å². The molecule has 2 rings (SSSR count). The van der Waals surface area contributed by atoms with Crippen molar-refractivity contribution >= 4 is 5.95 Å². The molecule has 0 amide bonds. The first kappa shape index (κ1) is 11.4. The van der Waals surface area contributed by atoms with E-state index in [1.54, 1.807) is 19.4 Å². The first-order chi connectivity index (χ1) is 8.24. The Kier molecular flexibility index (Phi) is 3.22. The largest absolute Gasteiger partial charge is 0.481 e. The molecule has 90 valence electrons. The number of aryl methyl sites for hydroxylation is 1. The first-order valence-electron chi connectivity index (χ1n) is 5.44. The number of hydrogen-bond donors (Lipinski definition) is 1. The molecule has 0 radical (unpaired) electrons. The van der Waals surface area contributed by atoms with E-state index in [4.69, 9.17) is 10.5 Å². The number of nitrogens with two attached hydrogens (primary N) is 1. The molecule has 17 heavy (non-hydrogen) atoms. The number of anilines is 1. The summed E-state index contributed by atoms with van der Waals surface area (Å²) in [6.07, 6.45) is 4.69. The fourth-order valence-corrected chi connectivity index (χ4v) is 1.63. The second-order valence-corrected chi connectivity index (χ2v) is 3.60. The Bertz CT molecular complexity index is 508. The van der Waals surface area contributed by atoms with Crippen LogP contribution in [0.15, 0.2) is 18.5 Å². The van der Waals surface area contributed by atoms with Crippen LogP contribution in [0, 0.1) is 0 Å². The Morgan fingerprint density at radius 2 is 2.24 bits per heavy atom. The monoisotopic (exact) mass is 233 g/mol. The van der Waals surface area contributed by atoms with E-state index in [-0.39, 0.29) is 5.95 Å². The van der Waals surface area contributed by atoms with E-state index in [2.05, 4.69) is 21.9 Å². The Hall–Kier alpha value is -2.11. The lowest BCUT2D eigenvalue weighted by Gasteiger charge is -2.07. The minimum absolute atomic E-state index is 0.186. The minimum atomic E-state index is 0.186. The minimum Gasteiger partial charge on any atom is -0.481 e. The quantitative estimate of drug-likeness (QED) is 0.862. The number of nitrogens with zero attached hydrogens (tertiary/aromatic N) is 4. The van der Waals surface area contributed by atoms with Gasteiger partial charge in [0, 0.05) is 25.0 Å². The van der Waals surface area contributed by atoms with Gasteiger partial charge in [0.15, 0.2) is 5.82 Å². The zero-order valence-corrected chi connectivity index (χ0v) is 9.92. The molecule has 0 aliphatic heterocycles. The van der Waals surface area contributed by atoms with Crippen LogP contribution in [0.1, 0.15) is 13.3 Å². The summed E-state index contributed by atoms with van der Waals surface area (Å²) >= 11 is 0. The van der Waals surface area contributed by atoms with Gasteiger partial charge in [-0.1, -0.05) is 6.92 Å². The van der Waals surface area contributed by atoms with Gasteiger partial charge in [0.2, 0.25) is 11.8 Å². The van der Waals surface area contributed by atoms with Gasteiger partial charge in [-0.25, -0.2) is 9.97 Å². The number of ether oxygens (including phenoxy) is 1. The summed E-state index contributed by atoms with van der Waals surface area (Å²) in [4.78, 5) is 12.4. The van der Waals surface area contributed by atoms with Gasteiger partial charge in [0.1, 0.15) is 5.69 Å². The van der Waals surface area contributed by atoms with Crippen LogP contribution >= 0.6 is 0 Å². The molecule has 0 unspecified atom stereocenters. The van der Waals surface area contributed by atoms with Crippen molar-refractivity contribution in [3.63, 3.8) is 0 Å². The molecular weight excluding hydrogens is 218 g/mol. The van der Waals surface area contributed by atoms with Crippen molar-refractivity contribution in [1.82, 2.24) is 19.5 Å². The van der Waals surface area contributed by atoms with E-state index in [9.17, 15) is 0 Å². The molecule has 2 heterocycles. The van der Waals surface area contributed by atoms with Crippen LogP contribution in [0.4, 0.5) is 5.95 Å². The van der Waals surface area contributed by atoms with E-state index in [0.717, 1.165) is 18.8 Å². The van der Waals surface area contributed by atoms with Crippen LogP contribution in [0.3, 0.4) is 0 Å². The van der Waals surface area contributed by atoms with Crippen LogP contribution in [0.25, 0.3) is 11.5 Å². The van der Waals surface area contributed by atoms with Crippen LogP contribution < -0.4 is 10.5 Å². The topological polar surface area (TPSA) is 78.8 Å². The molecule has 0 saturated carbocycles. The van der Waals surface area contributed by atoms with Gasteiger partial charge >= 0.3 is 0 Å². The molecule has 6 nitrogen and oxygen atoms in total. The lowest BCUT2D eigenvalue weighted by molar-refractivity contribution is 0.398. The average molecular weight is 233 g/mol. The number of imidazole rings is 1. The Morgan fingerprint density at radius 3 is 2.94 bits per heavy atom. The highest BCUT2D eigenvalue weighted by Gasteiger charge is 2.10. The van der Waals surface area contributed by atoms with Crippen molar-refractivity contribution in [3.8, 4) is 17.4 Å². The summed E-state index contributed by atoms with van der Waals surface area (Å²) in [6, 6.07) is 1.73. The van der Waals surface area contributed by atoms with E-state index in [1.807, 2.05) is 10.8 Å². The van der Waals surface area contributed by atoms with Crippen molar-refractivity contribution in [2.45, 2.75) is 19.9 Å². The Balaban J connectivity index is 2.44. The highest BCUT2D eigenvalue weighted by molar-refractivity contribution is 5.53. The molecule has 0 atom stereocenters. The highest BCUT2D eigenvalue weighted by Crippen LogP contribution is 2.20. The summed E-state index contributed by atoms with van der Waals surface area (Å²) in [5, 5.41) is 0. The maximum Gasteiger partial charge on any atom is 0.223 e. The van der Waals surface area contributed by atoms with Crippen molar-refractivity contribution in [1.29, 1.82) is 0 Å². The number of rotatable bonds is 4. The zero-order chi connectivity index (χ0) is 12.3. The Labute approximate surface area is 99.5 Å². The third-order valence-electron chi connectivity index (χ3n) is 2.34. The van der Waals surface area contributed by atoms with Crippen LogP contribution in [0.5, 0.6) is 5.88 Å². The van der Waals surface area contributed by atoms with Crippen LogP contribution in [0.2, 0.25) is 0 Å². The van der Waals surface area contributed by atoms with Gasteiger partial charge in [-0.2, -0.15) is 4.98 Å². The predicted molar refractivity (Wildman–Crippen MR) is 64.5 cm³/mol. The lowest BCUT2D eigenvalue weighted by atomic mass is 10.3. The number of methoxy groups -OCH3 is 1. The SMILES string of the molecule is CCCn1ccnc1-c1cc(OC)nc(N)n1. The predicted octanol–water partition coefficient (Wildman–Crippen LogP) is 1.34. The second-order valence-electron chi connectivity index (χ2n) is 3.60. The maximum absolute atomic E-state index is 5.63. The summed E-state index contributed by atoms with van der Waals surface area (Å²) in [5.74, 6) is 1.41. The van der Waals surface area contributed by atoms with Gasteiger partial charge in [-0.3, -0.25) is 0 Å². The molecule has 0 saturated heterocycles. The first-order valence-corrected chi connectivity index (χ1v) is 5.44. The maximum atomic E-state index is 5.63. The fourth-order valence-electron chi connectivity index (χ4n) is 1.63. The normalized spacial score (nSPS) is 10.5.